The van der Waals surface area contributed by atoms with Crippen LogP contribution < -0.4 is 0 Å². The number of carbonyl (C=O) groups excluding carboxylic acids is 1. The van der Waals surface area contributed by atoms with Gasteiger partial charge in [-0.2, -0.15) is 0 Å². The van der Waals surface area contributed by atoms with Gasteiger partial charge in [0.25, 0.3) is 0 Å². The molecule has 0 aliphatic carbocycles. The molecule has 4 heavy (non-hydrogen) atoms. The Hall–Kier alpha value is 0.917. The standard InChI is InChI=1S/CHO.2Rh/c1-2;;/h1H;;/q-1;;+2. The number of hydrogen-bond donors (Lipinski definition) is 0. The third-order valence-electron chi connectivity index (χ3n) is 0. The van der Waals surface area contributed by atoms with E-state index < -0.39 is 0 Å². The molecule has 0 saturated carbocycles. The summed E-state index contributed by atoms with van der Waals surface area (Å²) in [4.78, 5) is 7.75. The summed E-state index contributed by atoms with van der Waals surface area (Å²) >= 11 is 0. The predicted octanol–water partition coefficient (Wildman–Crippen LogP) is -0.279. The van der Waals surface area contributed by atoms with E-state index in [0.717, 1.165) is 0 Å². The first-order valence-electron chi connectivity index (χ1n) is 0.236. The molecule has 0 aliphatic heterocycles. The zero-order valence-corrected chi connectivity index (χ0v) is 4.93. The molecule has 0 spiro atoms. The zero-order chi connectivity index (χ0) is 2.00. The summed E-state index contributed by atoms with van der Waals surface area (Å²) in [5, 5.41) is 0. The molecule has 0 atom stereocenters. The van der Waals surface area contributed by atoms with Crippen LogP contribution in [0.1, 0.15) is 0 Å². The molecule has 0 amide bonds. The van der Waals surface area contributed by atoms with Crippen LogP contribution in [0.4, 0.5) is 0 Å². The molecule has 2 radical (unpaired) electrons. The van der Waals surface area contributed by atoms with Crippen LogP contribution in [0.5, 0.6) is 0 Å². The molecule has 0 rings (SSSR count). The predicted molar refractivity (Wildman–Crippen MR) is 6.75 cm³/mol. The Morgan fingerprint density at radius 3 is 1.25 bits per heavy atom. The average molecular weight is 235 g/mol. The molecule has 0 heterocycles. The van der Waals surface area contributed by atoms with Crippen LogP contribution in [-0.4, -0.2) is 6.79 Å². The van der Waals surface area contributed by atoms with Crippen LogP contribution >= 0.6 is 0 Å². The minimum Gasteiger partial charge on any atom is -0.545 e. The Morgan fingerprint density at radius 2 is 1.25 bits per heavy atom. The van der Waals surface area contributed by atoms with Crippen molar-refractivity contribution in [2.24, 2.45) is 0 Å². The first-order valence-corrected chi connectivity index (χ1v) is 0.236. The van der Waals surface area contributed by atoms with Gasteiger partial charge in [0.1, 0.15) is 0 Å². The van der Waals surface area contributed by atoms with Crippen LogP contribution in [0.2, 0.25) is 0 Å². The molecule has 0 fully saturated rings. The van der Waals surface area contributed by atoms with Gasteiger partial charge in [-0.05, 0) is 0 Å². The van der Waals surface area contributed by atoms with Crippen LogP contribution in [0.15, 0.2) is 0 Å². The van der Waals surface area contributed by atoms with Gasteiger partial charge in [-0.25, -0.2) is 0 Å². The fourth-order valence-corrected chi connectivity index (χ4v) is 0. The Labute approximate surface area is 50.7 Å². The van der Waals surface area contributed by atoms with Crippen molar-refractivity contribution in [2.45, 2.75) is 0 Å². The minimum atomic E-state index is 0. The van der Waals surface area contributed by atoms with Gasteiger partial charge < -0.3 is 4.79 Å². The van der Waals surface area contributed by atoms with E-state index in [4.69, 9.17) is 4.79 Å². The second kappa shape index (κ2) is 39.6. The van der Waals surface area contributed by atoms with E-state index in [9.17, 15) is 0 Å². The van der Waals surface area contributed by atoms with Gasteiger partial charge >= 0.3 is 19.5 Å². The van der Waals surface area contributed by atoms with Crippen molar-refractivity contribution in [3.63, 3.8) is 0 Å². The maximum Gasteiger partial charge on any atom is 2.00 e. The Bertz CT molecular complexity index is 6.00. The second-order valence-corrected chi connectivity index (χ2v) is 0. The first kappa shape index (κ1) is 20.5. The molecule has 0 aromatic rings. The number of rotatable bonds is 0. The zero-order valence-electron chi connectivity index (χ0n) is 1.65. The summed E-state index contributed by atoms with van der Waals surface area (Å²) in [6, 6.07) is 0. The number of hydrogen-bond acceptors (Lipinski definition) is 1. The van der Waals surface area contributed by atoms with Crippen LogP contribution in [-0.2, 0) is 43.8 Å². The normalized spacial score (nSPS) is 1.00. The summed E-state index contributed by atoms with van der Waals surface area (Å²) in [5.74, 6) is 0. The quantitative estimate of drug-likeness (QED) is 0.320. The largest absolute Gasteiger partial charge is 2.00 e. The van der Waals surface area contributed by atoms with Gasteiger partial charge in [-0.15, -0.1) is 0 Å². The first-order chi connectivity index (χ1) is 1.00. The molecule has 0 N–H and O–H groups in total. The maximum atomic E-state index is 7.75. The fourth-order valence-electron chi connectivity index (χ4n) is 0. The van der Waals surface area contributed by atoms with E-state index in [-0.39, 0.29) is 39.0 Å². The third-order valence-corrected chi connectivity index (χ3v) is 0. The monoisotopic (exact) mass is 235 g/mol. The van der Waals surface area contributed by atoms with Crippen LogP contribution in [0, 0.1) is 0 Å². The van der Waals surface area contributed by atoms with E-state index in [0.29, 0.717) is 0 Å². The van der Waals surface area contributed by atoms with Crippen LogP contribution in [0.3, 0.4) is 0 Å². The molecule has 0 aliphatic rings. The van der Waals surface area contributed by atoms with Crippen molar-refractivity contribution in [1.29, 1.82) is 0 Å². The van der Waals surface area contributed by atoms with Gasteiger partial charge in [0.05, 0.1) is 0 Å². The summed E-state index contributed by atoms with van der Waals surface area (Å²) in [6.07, 6.45) is 0. The van der Waals surface area contributed by atoms with Crippen molar-refractivity contribution in [2.75, 3.05) is 0 Å². The topological polar surface area (TPSA) is 17.1 Å². The van der Waals surface area contributed by atoms with E-state index in [1.54, 1.807) is 0 Å². The summed E-state index contributed by atoms with van der Waals surface area (Å²) in [6.45, 7) is 3.25. The van der Waals surface area contributed by atoms with Crippen LogP contribution in [0.25, 0.3) is 0 Å². The smallest absolute Gasteiger partial charge is 0.545 e. The third kappa shape index (κ3) is 12.8. The molecule has 0 aromatic heterocycles. The molecule has 0 bridgehead atoms. The van der Waals surface area contributed by atoms with Gasteiger partial charge in [0.2, 0.25) is 0 Å². The molecule has 3 heteroatoms. The van der Waals surface area contributed by atoms with Crippen molar-refractivity contribution < 1.29 is 43.8 Å². The maximum absolute atomic E-state index is 7.75. The molecular weight excluding hydrogens is 234 g/mol. The summed E-state index contributed by atoms with van der Waals surface area (Å²) in [7, 11) is 0. The molecular formula is CHORh2+. The van der Waals surface area contributed by atoms with E-state index >= 15 is 0 Å². The van der Waals surface area contributed by atoms with Crippen molar-refractivity contribution in [3.05, 3.63) is 0 Å². The van der Waals surface area contributed by atoms with E-state index in [2.05, 4.69) is 6.79 Å². The molecule has 0 saturated heterocycles. The summed E-state index contributed by atoms with van der Waals surface area (Å²) < 4.78 is 0. The molecule has 0 unspecified atom stereocenters. The minimum absolute atomic E-state index is 0. The summed E-state index contributed by atoms with van der Waals surface area (Å²) in [5.41, 5.74) is 0. The molecule has 0 aromatic carbocycles. The van der Waals surface area contributed by atoms with E-state index in [1.807, 2.05) is 0 Å². The Morgan fingerprint density at radius 1 is 1.25 bits per heavy atom. The Balaban J connectivity index is -0.00000000500. The van der Waals surface area contributed by atoms with Crippen molar-refractivity contribution >= 4 is 6.79 Å². The van der Waals surface area contributed by atoms with Crippen molar-refractivity contribution in [1.82, 2.24) is 0 Å². The second-order valence-electron chi connectivity index (χ2n) is 0. The van der Waals surface area contributed by atoms with Gasteiger partial charge in [-0.3, -0.25) is 6.79 Å². The molecule has 1 nitrogen and oxygen atoms in total. The van der Waals surface area contributed by atoms with Gasteiger partial charge in [0, 0.05) is 19.5 Å². The SMILES string of the molecule is [CH-]=O.[Rh+2].[Rh]. The van der Waals surface area contributed by atoms with E-state index in [1.165, 1.54) is 0 Å². The van der Waals surface area contributed by atoms with Gasteiger partial charge in [-0.1, -0.05) is 0 Å². The van der Waals surface area contributed by atoms with Crippen molar-refractivity contribution in [3.8, 4) is 0 Å². The van der Waals surface area contributed by atoms with Gasteiger partial charge in [0.15, 0.2) is 0 Å². The Kier molecular flexibility index (Phi) is 203. The molecule has 28 valence electrons. The fraction of sp³-hybridized carbons (Fsp3) is 0. The average Bonchev–Trinajstić information content (AvgIpc) is 1.00.